The number of benzene rings is 2. The number of carbonyl (C=O) groups is 1. The highest BCUT2D eigenvalue weighted by Gasteiger charge is 2.11. The second-order valence-electron chi connectivity index (χ2n) is 6.11. The topological polar surface area (TPSA) is 94.3 Å². The third kappa shape index (κ3) is 3.72. The van der Waals surface area contributed by atoms with Crippen molar-refractivity contribution in [1.29, 1.82) is 0 Å². The largest absolute Gasteiger partial charge is 0.472 e. The lowest BCUT2D eigenvalue weighted by Gasteiger charge is -2.10. The summed E-state index contributed by atoms with van der Waals surface area (Å²) in [5, 5.41) is 4.14. The Balaban J connectivity index is 1.69. The summed E-state index contributed by atoms with van der Waals surface area (Å²) in [5.74, 6) is 0.213. The number of aromatic nitrogens is 2. The van der Waals surface area contributed by atoms with E-state index in [1.165, 1.54) is 19.3 Å². The van der Waals surface area contributed by atoms with Crippen LogP contribution in [0.25, 0.3) is 21.9 Å². The number of hydrogen-bond acceptors (Lipinski definition) is 6. The maximum atomic E-state index is 12.0. The summed E-state index contributed by atoms with van der Waals surface area (Å²) in [6.07, 6.45) is 1.43. The first-order chi connectivity index (χ1) is 13.5. The van der Waals surface area contributed by atoms with Crippen molar-refractivity contribution >= 4 is 49.4 Å². The number of amides is 1. The third-order valence-corrected chi connectivity index (χ3v) is 4.57. The summed E-state index contributed by atoms with van der Waals surface area (Å²) in [6, 6.07) is 12.1. The first kappa shape index (κ1) is 18.1. The molecule has 0 saturated carbocycles. The molecule has 0 saturated heterocycles. The minimum Gasteiger partial charge on any atom is -0.472 e. The van der Waals surface area contributed by atoms with Gasteiger partial charge in [-0.25, -0.2) is 14.8 Å². The summed E-state index contributed by atoms with van der Waals surface area (Å²) in [7, 11) is 0. The van der Waals surface area contributed by atoms with Gasteiger partial charge in [0.25, 0.3) is 0 Å². The lowest BCUT2D eigenvalue weighted by Crippen LogP contribution is -2.07. The van der Waals surface area contributed by atoms with E-state index in [9.17, 15) is 9.59 Å². The predicted molar refractivity (Wildman–Crippen MR) is 108 cm³/mol. The SMILES string of the molecule is CC(=O)Nc1ccc2c(COc3ncnc4ccc(Br)cc34)cc(=O)oc2c1. The summed E-state index contributed by atoms with van der Waals surface area (Å²) in [6.45, 7) is 1.54. The summed E-state index contributed by atoms with van der Waals surface area (Å²) >= 11 is 3.43. The van der Waals surface area contributed by atoms with E-state index in [1.807, 2.05) is 18.2 Å². The van der Waals surface area contributed by atoms with Gasteiger partial charge in [-0.2, -0.15) is 0 Å². The van der Waals surface area contributed by atoms with E-state index in [2.05, 4.69) is 31.2 Å². The summed E-state index contributed by atoms with van der Waals surface area (Å²) in [4.78, 5) is 31.6. The zero-order valence-corrected chi connectivity index (χ0v) is 16.3. The molecular formula is C20H14BrN3O4. The predicted octanol–water partition coefficient (Wildman–Crippen LogP) is 4.04. The molecule has 4 aromatic rings. The molecule has 1 amide bonds. The van der Waals surface area contributed by atoms with Gasteiger partial charge in [-0.05, 0) is 30.3 Å². The molecule has 0 fully saturated rings. The molecule has 0 aliphatic heterocycles. The van der Waals surface area contributed by atoms with Crippen molar-refractivity contribution in [2.45, 2.75) is 13.5 Å². The Morgan fingerprint density at radius 2 is 2.00 bits per heavy atom. The van der Waals surface area contributed by atoms with Crippen LogP contribution >= 0.6 is 15.9 Å². The molecule has 0 aliphatic carbocycles. The Kier molecular flexibility index (Phi) is 4.79. The minimum absolute atomic E-state index is 0.125. The number of hydrogen-bond donors (Lipinski definition) is 1. The number of rotatable bonds is 4. The Morgan fingerprint density at radius 1 is 1.14 bits per heavy atom. The highest BCUT2D eigenvalue weighted by molar-refractivity contribution is 9.10. The van der Waals surface area contributed by atoms with E-state index < -0.39 is 5.63 Å². The Hall–Kier alpha value is -3.26. The molecule has 0 aliphatic rings. The van der Waals surface area contributed by atoms with Crippen LogP contribution in [0.15, 0.2) is 62.5 Å². The summed E-state index contributed by atoms with van der Waals surface area (Å²) in [5.41, 5.74) is 1.83. The highest BCUT2D eigenvalue weighted by Crippen LogP contribution is 2.27. The normalized spacial score (nSPS) is 10.9. The first-order valence-electron chi connectivity index (χ1n) is 8.37. The van der Waals surface area contributed by atoms with Crippen LogP contribution in [0.4, 0.5) is 5.69 Å². The molecule has 4 rings (SSSR count). The smallest absolute Gasteiger partial charge is 0.336 e. The number of halogens is 1. The molecule has 2 aromatic carbocycles. The number of fused-ring (bicyclic) bond motifs is 2. The van der Waals surface area contributed by atoms with Crippen molar-refractivity contribution in [3.63, 3.8) is 0 Å². The van der Waals surface area contributed by atoms with Crippen LogP contribution in [0.5, 0.6) is 5.88 Å². The van der Waals surface area contributed by atoms with Gasteiger partial charge in [0.2, 0.25) is 11.8 Å². The monoisotopic (exact) mass is 439 g/mol. The van der Waals surface area contributed by atoms with Crippen molar-refractivity contribution in [2.24, 2.45) is 0 Å². The van der Waals surface area contributed by atoms with Gasteiger partial charge in [0.1, 0.15) is 18.5 Å². The van der Waals surface area contributed by atoms with Gasteiger partial charge in [0.15, 0.2) is 0 Å². The number of carbonyl (C=O) groups excluding carboxylic acids is 1. The highest BCUT2D eigenvalue weighted by atomic mass is 79.9. The van der Waals surface area contributed by atoms with Gasteiger partial charge in [-0.3, -0.25) is 4.79 Å². The number of ether oxygens (including phenoxy) is 1. The first-order valence-corrected chi connectivity index (χ1v) is 9.16. The van der Waals surface area contributed by atoms with E-state index in [4.69, 9.17) is 9.15 Å². The average Bonchev–Trinajstić information content (AvgIpc) is 2.65. The fraction of sp³-hybridized carbons (Fsp3) is 0.100. The second kappa shape index (κ2) is 7.40. The Morgan fingerprint density at radius 3 is 2.82 bits per heavy atom. The standard InChI is InChI=1S/C20H14BrN3O4/c1-11(25)24-14-3-4-15-12(6-19(26)28-18(15)8-14)9-27-20-16-7-13(21)2-5-17(16)22-10-23-20/h2-8,10H,9H2,1H3,(H,24,25). The van der Waals surface area contributed by atoms with Gasteiger partial charge < -0.3 is 14.5 Å². The van der Waals surface area contributed by atoms with Gasteiger partial charge in [-0.1, -0.05) is 15.9 Å². The molecule has 1 N–H and O–H groups in total. The van der Waals surface area contributed by atoms with Crippen LogP contribution < -0.4 is 15.7 Å². The molecule has 2 heterocycles. The number of anilines is 1. The minimum atomic E-state index is -0.499. The van der Waals surface area contributed by atoms with Gasteiger partial charge >= 0.3 is 5.63 Å². The molecular weight excluding hydrogens is 426 g/mol. The third-order valence-electron chi connectivity index (χ3n) is 4.08. The molecule has 0 bridgehead atoms. The van der Waals surface area contributed by atoms with Crippen molar-refractivity contribution < 1.29 is 13.9 Å². The lowest BCUT2D eigenvalue weighted by atomic mass is 10.1. The van der Waals surface area contributed by atoms with Crippen molar-refractivity contribution in [3.05, 3.63) is 69.2 Å². The average molecular weight is 440 g/mol. The number of nitrogens with one attached hydrogen (secondary N) is 1. The second-order valence-corrected chi connectivity index (χ2v) is 7.03. The fourth-order valence-corrected chi connectivity index (χ4v) is 3.26. The molecule has 0 atom stereocenters. The molecule has 8 heteroatoms. The molecule has 7 nitrogen and oxygen atoms in total. The van der Waals surface area contributed by atoms with Crippen LogP contribution in [0.3, 0.4) is 0 Å². The van der Waals surface area contributed by atoms with Gasteiger partial charge in [0.05, 0.1) is 10.9 Å². The van der Waals surface area contributed by atoms with E-state index in [1.54, 1.807) is 18.2 Å². The van der Waals surface area contributed by atoms with Gasteiger partial charge in [0, 0.05) is 40.2 Å². The van der Waals surface area contributed by atoms with Crippen LogP contribution in [-0.2, 0) is 11.4 Å². The van der Waals surface area contributed by atoms with Crippen LogP contribution in [0.1, 0.15) is 12.5 Å². The van der Waals surface area contributed by atoms with Crippen molar-refractivity contribution in [2.75, 3.05) is 5.32 Å². The molecule has 2 aromatic heterocycles. The van der Waals surface area contributed by atoms with E-state index >= 15 is 0 Å². The Labute approximate surface area is 167 Å². The fourth-order valence-electron chi connectivity index (χ4n) is 2.90. The number of nitrogens with zero attached hydrogens (tertiary/aromatic N) is 2. The van der Waals surface area contributed by atoms with E-state index in [-0.39, 0.29) is 12.5 Å². The zero-order valence-electron chi connectivity index (χ0n) is 14.7. The maximum absolute atomic E-state index is 12.0. The van der Waals surface area contributed by atoms with Crippen molar-refractivity contribution in [1.82, 2.24) is 9.97 Å². The zero-order chi connectivity index (χ0) is 19.7. The summed E-state index contributed by atoms with van der Waals surface area (Å²) < 4.78 is 12.0. The molecule has 140 valence electrons. The van der Waals surface area contributed by atoms with Crippen LogP contribution in [0, 0.1) is 0 Å². The van der Waals surface area contributed by atoms with Crippen LogP contribution in [0.2, 0.25) is 0 Å². The lowest BCUT2D eigenvalue weighted by molar-refractivity contribution is -0.114. The van der Waals surface area contributed by atoms with E-state index in [0.29, 0.717) is 28.1 Å². The van der Waals surface area contributed by atoms with Gasteiger partial charge in [-0.15, -0.1) is 0 Å². The molecule has 0 radical (unpaired) electrons. The van der Waals surface area contributed by atoms with Crippen LogP contribution in [-0.4, -0.2) is 15.9 Å². The van der Waals surface area contributed by atoms with Crippen molar-refractivity contribution in [3.8, 4) is 5.88 Å². The molecule has 28 heavy (non-hydrogen) atoms. The van der Waals surface area contributed by atoms with E-state index in [0.717, 1.165) is 15.4 Å². The Bertz CT molecular complexity index is 1270. The maximum Gasteiger partial charge on any atom is 0.336 e. The molecule has 0 unspecified atom stereocenters. The quantitative estimate of drug-likeness (QED) is 0.482. The molecule has 0 spiro atoms.